The smallest absolute Gasteiger partial charge is 0.404 e. The van der Waals surface area contributed by atoms with Crippen molar-refractivity contribution in [3.8, 4) is 5.75 Å². The summed E-state index contributed by atoms with van der Waals surface area (Å²) in [6.45, 7) is 14.0. The molecule has 0 amide bonds. The molecule has 1 aromatic rings. The first-order valence-electron chi connectivity index (χ1n) is 10.7. The molecule has 0 aliphatic heterocycles. The van der Waals surface area contributed by atoms with Crippen LogP contribution >= 0.6 is 7.82 Å². The maximum atomic E-state index is 11.3. The van der Waals surface area contributed by atoms with Gasteiger partial charge in [0.2, 0.25) is 0 Å². The number of rotatable bonds is 4. The van der Waals surface area contributed by atoms with Crippen LogP contribution in [0.25, 0.3) is 0 Å². The number of phosphoric acid groups is 1. The highest BCUT2D eigenvalue weighted by atomic mass is 31.2. The van der Waals surface area contributed by atoms with Crippen molar-refractivity contribution >= 4 is 7.82 Å². The largest absolute Gasteiger partial charge is 0.524 e. The normalized spacial score (nSPS) is 32.6. The van der Waals surface area contributed by atoms with Crippen LogP contribution in [0.4, 0.5) is 0 Å². The molecular weight excluding hydrogens is 371 g/mol. The predicted octanol–water partition coefficient (Wildman–Crippen LogP) is 6.30. The third-order valence-electron chi connectivity index (χ3n) is 7.73. The molecule has 2 saturated carbocycles. The van der Waals surface area contributed by atoms with Gasteiger partial charge in [-0.05, 0) is 96.4 Å². The minimum atomic E-state index is -4.55. The van der Waals surface area contributed by atoms with Crippen LogP contribution in [-0.4, -0.2) is 9.79 Å². The van der Waals surface area contributed by atoms with Crippen LogP contribution in [0.2, 0.25) is 0 Å². The third kappa shape index (κ3) is 4.06. The van der Waals surface area contributed by atoms with Gasteiger partial charge in [0.05, 0.1) is 0 Å². The summed E-state index contributed by atoms with van der Waals surface area (Å²) in [5.41, 5.74) is 4.47. The number of benzene rings is 1. The highest BCUT2D eigenvalue weighted by Gasteiger charge is 2.53. The van der Waals surface area contributed by atoms with Crippen molar-refractivity contribution in [1.82, 2.24) is 0 Å². The Bertz CT molecular complexity index is 796. The minimum absolute atomic E-state index is 0.0920. The highest BCUT2D eigenvalue weighted by Crippen LogP contribution is 2.62. The van der Waals surface area contributed by atoms with Crippen molar-refractivity contribution in [2.75, 3.05) is 0 Å². The number of fused-ring (bicyclic) bond motifs is 1. The first-order valence-corrected chi connectivity index (χ1v) is 12.2. The molecule has 28 heavy (non-hydrogen) atoms. The van der Waals surface area contributed by atoms with Gasteiger partial charge in [-0.25, -0.2) is 4.57 Å². The average Bonchev–Trinajstić information content (AvgIpc) is 2.50. The van der Waals surface area contributed by atoms with E-state index in [1.807, 2.05) is 6.07 Å². The second-order valence-electron chi connectivity index (χ2n) is 10.5. The monoisotopic (exact) mass is 408 g/mol. The van der Waals surface area contributed by atoms with Gasteiger partial charge in [-0.15, -0.1) is 0 Å². The lowest BCUT2D eigenvalue weighted by molar-refractivity contribution is -0.0557. The Balaban J connectivity index is 2.00. The zero-order chi connectivity index (χ0) is 21.0. The molecule has 2 aliphatic rings. The van der Waals surface area contributed by atoms with Gasteiger partial charge in [0.1, 0.15) is 5.75 Å². The van der Waals surface area contributed by atoms with Gasteiger partial charge in [0.25, 0.3) is 0 Å². The Labute approximate surface area is 170 Å². The van der Waals surface area contributed by atoms with Crippen molar-refractivity contribution in [2.45, 2.75) is 91.9 Å². The van der Waals surface area contributed by atoms with Crippen LogP contribution in [0, 0.1) is 23.7 Å². The van der Waals surface area contributed by atoms with E-state index < -0.39 is 7.82 Å². The Hall–Kier alpha value is -0.830. The molecule has 0 saturated heterocycles. The van der Waals surface area contributed by atoms with E-state index in [0.717, 1.165) is 23.5 Å². The maximum absolute atomic E-state index is 11.3. The molecule has 2 N–H and O–H groups in total. The van der Waals surface area contributed by atoms with Crippen LogP contribution in [0.15, 0.2) is 12.1 Å². The van der Waals surface area contributed by atoms with Gasteiger partial charge in [0.15, 0.2) is 0 Å². The number of phosphoric ester groups is 1. The summed E-state index contributed by atoms with van der Waals surface area (Å²) < 4.78 is 16.2. The molecule has 0 heterocycles. The molecule has 0 bridgehead atoms. The van der Waals surface area contributed by atoms with Gasteiger partial charge in [-0.3, -0.25) is 9.79 Å². The Kier molecular flexibility index (Phi) is 5.58. The third-order valence-corrected chi connectivity index (χ3v) is 8.18. The van der Waals surface area contributed by atoms with Gasteiger partial charge in [0, 0.05) is 0 Å². The highest BCUT2D eigenvalue weighted by molar-refractivity contribution is 7.46. The predicted molar refractivity (Wildman–Crippen MR) is 114 cm³/mol. The lowest BCUT2D eigenvalue weighted by Crippen LogP contribution is -2.50. The molecule has 158 valence electrons. The number of hydrogen-bond acceptors (Lipinski definition) is 2. The van der Waals surface area contributed by atoms with Gasteiger partial charge < -0.3 is 4.52 Å². The summed E-state index contributed by atoms with van der Waals surface area (Å²) in [6, 6.07) is 3.64. The lowest BCUT2D eigenvalue weighted by atomic mass is 9.46. The van der Waals surface area contributed by atoms with Crippen molar-refractivity contribution in [3.05, 3.63) is 28.8 Å². The van der Waals surface area contributed by atoms with E-state index in [1.165, 1.54) is 44.1 Å². The Morgan fingerprint density at radius 2 is 1.82 bits per heavy atom. The molecule has 2 aliphatic carbocycles. The molecule has 0 spiro atoms. The second kappa shape index (κ2) is 7.15. The molecule has 1 aromatic carbocycles. The fraction of sp³-hybridized carbons (Fsp3) is 0.739. The summed E-state index contributed by atoms with van der Waals surface area (Å²) in [5, 5.41) is 0. The summed E-state index contributed by atoms with van der Waals surface area (Å²) in [7, 11) is -4.55. The van der Waals surface area contributed by atoms with E-state index >= 15 is 0 Å². The molecular formula is C23H37O4P. The number of aryl methyl sites for hydroxylation is 2. The van der Waals surface area contributed by atoms with E-state index in [-0.39, 0.29) is 11.2 Å². The standard InChI is InChI=1S/C23H37O4P/c1-7-17-14-18(27-28(24,25)26)13-16(2)20(17)23(6)12-9-19-21(3,4)10-8-11-22(19,5)15-23/h13-14,19H,7-12,15H2,1-6H3,(H2,24,25,26)/t19-,22+,23+/m0/s1. The molecule has 2 fully saturated rings. The average molecular weight is 409 g/mol. The molecule has 0 unspecified atom stereocenters. The van der Waals surface area contributed by atoms with E-state index in [1.54, 1.807) is 6.07 Å². The van der Waals surface area contributed by atoms with Crippen molar-refractivity contribution in [3.63, 3.8) is 0 Å². The van der Waals surface area contributed by atoms with Crippen molar-refractivity contribution in [2.24, 2.45) is 16.7 Å². The summed E-state index contributed by atoms with van der Waals surface area (Å²) >= 11 is 0. The van der Waals surface area contributed by atoms with Crippen LogP contribution in [0.5, 0.6) is 5.75 Å². The van der Waals surface area contributed by atoms with E-state index in [4.69, 9.17) is 4.52 Å². The van der Waals surface area contributed by atoms with Crippen molar-refractivity contribution < 1.29 is 18.9 Å². The van der Waals surface area contributed by atoms with Crippen LogP contribution < -0.4 is 4.52 Å². The topological polar surface area (TPSA) is 66.8 Å². The van der Waals surface area contributed by atoms with E-state index in [0.29, 0.717) is 10.8 Å². The van der Waals surface area contributed by atoms with Gasteiger partial charge in [-0.1, -0.05) is 41.0 Å². The van der Waals surface area contributed by atoms with E-state index in [9.17, 15) is 14.4 Å². The second-order valence-corrected chi connectivity index (χ2v) is 11.7. The van der Waals surface area contributed by atoms with Crippen LogP contribution in [0.1, 0.15) is 89.8 Å². The van der Waals surface area contributed by atoms with Crippen LogP contribution in [0.3, 0.4) is 0 Å². The molecule has 0 aromatic heterocycles. The zero-order valence-corrected chi connectivity index (χ0v) is 19.2. The quantitative estimate of drug-likeness (QED) is 0.574. The minimum Gasteiger partial charge on any atom is -0.404 e. The molecule has 0 radical (unpaired) electrons. The summed E-state index contributed by atoms with van der Waals surface area (Å²) in [5.74, 6) is 1.04. The maximum Gasteiger partial charge on any atom is 0.524 e. The molecule has 3 atom stereocenters. The van der Waals surface area contributed by atoms with Crippen LogP contribution in [-0.2, 0) is 16.4 Å². The van der Waals surface area contributed by atoms with E-state index in [2.05, 4.69) is 41.5 Å². The first-order chi connectivity index (χ1) is 12.8. The molecule has 3 rings (SSSR count). The molecule has 4 nitrogen and oxygen atoms in total. The lowest BCUT2D eigenvalue weighted by Gasteiger charge is -2.58. The van der Waals surface area contributed by atoms with Gasteiger partial charge >= 0.3 is 7.82 Å². The molecule has 5 heteroatoms. The Morgan fingerprint density at radius 3 is 2.43 bits per heavy atom. The zero-order valence-electron chi connectivity index (χ0n) is 18.3. The van der Waals surface area contributed by atoms with Crippen molar-refractivity contribution in [1.29, 1.82) is 0 Å². The summed E-state index contributed by atoms with van der Waals surface area (Å²) in [6.07, 6.45) is 8.38. The first kappa shape index (κ1) is 21.9. The fourth-order valence-corrected chi connectivity index (χ4v) is 7.38. The summed E-state index contributed by atoms with van der Waals surface area (Å²) in [4.78, 5) is 18.4. The fourth-order valence-electron chi connectivity index (χ4n) is 7.00. The Morgan fingerprint density at radius 1 is 1.14 bits per heavy atom. The van der Waals surface area contributed by atoms with Gasteiger partial charge in [-0.2, -0.15) is 0 Å². The number of hydrogen-bond donors (Lipinski definition) is 2. The SMILES string of the molecule is CCc1cc(OP(=O)(O)O)cc(C)c1[C@]1(C)CC[C@H]2C(C)(C)CCC[C@]2(C)C1.